The summed E-state index contributed by atoms with van der Waals surface area (Å²) in [6.07, 6.45) is 0. The van der Waals surface area contributed by atoms with Crippen LogP contribution in [0.4, 0.5) is 5.69 Å². The van der Waals surface area contributed by atoms with E-state index in [1.807, 2.05) is 31.2 Å². The lowest BCUT2D eigenvalue weighted by molar-refractivity contribution is -0.384. The van der Waals surface area contributed by atoms with Gasteiger partial charge in [0, 0.05) is 12.6 Å². The van der Waals surface area contributed by atoms with Crippen LogP contribution in [-0.2, 0) is 16.6 Å². The van der Waals surface area contributed by atoms with E-state index in [9.17, 15) is 18.5 Å². The number of hydrogen-bond donors (Lipinski definition) is 1. The normalized spacial score (nSPS) is 11.4. The average molecular weight is 341 g/mol. The highest BCUT2D eigenvalue weighted by atomic mass is 35.5. The van der Waals surface area contributed by atoms with Gasteiger partial charge >= 0.3 is 0 Å². The summed E-state index contributed by atoms with van der Waals surface area (Å²) in [6, 6.07) is 10.7. The zero-order valence-electron chi connectivity index (χ0n) is 11.6. The molecule has 0 atom stereocenters. The third kappa shape index (κ3) is 3.82. The Kier molecular flexibility index (Phi) is 4.80. The van der Waals surface area contributed by atoms with Crippen LogP contribution in [0.2, 0.25) is 5.02 Å². The van der Waals surface area contributed by atoms with E-state index >= 15 is 0 Å². The van der Waals surface area contributed by atoms with Gasteiger partial charge in [0.15, 0.2) is 0 Å². The minimum atomic E-state index is -3.85. The van der Waals surface area contributed by atoms with E-state index in [0.717, 1.165) is 17.2 Å². The Bertz CT molecular complexity index is 804. The first-order valence-corrected chi connectivity index (χ1v) is 8.15. The Morgan fingerprint density at radius 1 is 1.18 bits per heavy atom. The number of hydrogen-bond acceptors (Lipinski definition) is 4. The van der Waals surface area contributed by atoms with Crippen molar-refractivity contribution in [2.24, 2.45) is 0 Å². The van der Waals surface area contributed by atoms with Crippen LogP contribution in [0.15, 0.2) is 47.4 Å². The van der Waals surface area contributed by atoms with Crippen LogP contribution in [0.3, 0.4) is 0 Å². The van der Waals surface area contributed by atoms with Crippen molar-refractivity contribution in [1.82, 2.24) is 4.72 Å². The van der Waals surface area contributed by atoms with Gasteiger partial charge in [0.2, 0.25) is 10.0 Å². The number of rotatable bonds is 5. The Morgan fingerprint density at radius 2 is 1.82 bits per heavy atom. The number of nitrogens with one attached hydrogen (secondary N) is 1. The van der Waals surface area contributed by atoms with Crippen LogP contribution in [0.1, 0.15) is 11.1 Å². The number of nitro benzene ring substituents is 1. The van der Waals surface area contributed by atoms with Gasteiger partial charge < -0.3 is 0 Å². The van der Waals surface area contributed by atoms with Crippen molar-refractivity contribution in [3.05, 3.63) is 68.7 Å². The van der Waals surface area contributed by atoms with Crippen LogP contribution < -0.4 is 4.72 Å². The molecule has 0 unspecified atom stereocenters. The standard InChI is InChI=1S/C14H13ClN2O4S/c1-10-2-4-11(5-3-10)9-16-22(20,21)12-6-7-13(15)14(8-12)17(18)19/h2-8,16H,9H2,1H3. The molecule has 0 aliphatic carbocycles. The Balaban J connectivity index is 2.21. The molecule has 1 N–H and O–H groups in total. The van der Waals surface area contributed by atoms with Gasteiger partial charge in [-0.05, 0) is 24.6 Å². The van der Waals surface area contributed by atoms with Gasteiger partial charge in [-0.25, -0.2) is 13.1 Å². The molecule has 0 spiro atoms. The second-order valence-electron chi connectivity index (χ2n) is 4.68. The first-order valence-electron chi connectivity index (χ1n) is 6.29. The number of benzene rings is 2. The van der Waals surface area contributed by atoms with E-state index in [4.69, 9.17) is 11.6 Å². The minimum absolute atomic E-state index is 0.0963. The van der Waals surface area contributed by atoms with Crippen LogP contribution >= 0.6 is 11.6 Å². The molecule has 22 heavy (non-hydrogen) atoms. The van der Waals surface area contributed by atoms with Crippen molar-refractivity contribution < 1.29 is 13.3 Å². The summed E-state index contributed by atoms with van der Waals surface area (Å²) >= 11 is 5.67. The van der Waals surface area contributed by atoms with Gasteiger partial charge in [-0.1, -0.05) is 41.4 Å². The topological polar surface area (TPSA) is 89.3 Å². The highest BCUT2D eigenvalue weighted by molar-refractivity contribution is 7.89. The molecule has 116 valence electrons. The quantitative estimate of drug-likeness (QED) is 0.669. The zero-order chi connectivity index (χ0) is 16.3. The van der Waals surface area contributed by atoms with Crippen LogP contribution in [0, 0.1) is 17.0 Å². The minimum Gasteiger partial charge on any atom is -0.258 e. The molecular weight excluding hydrogens is 328 g/mol. The smallest absolute Gasteiger partial charge is 0.258 e. The zero-order valence-corrected chi connectivity index (χ0v) is 13.2. The largest absolute Gasteiger partial charge is 0.289 e. The van der Waals surface area contributed by atoms with Gasteiger partial charge in [-0.15, -0.1) is 0 Å². The first kappa shape index (κ1) is 16.4. The number of aryl methyl sites for hydroxylation is 1. The fraction of sp³-hybridized carbons (Fsp3) is 0.143. The van der Waals surface area contributed by atoms with Crippen molar-refractivity contribution >= 4 is 27.3 Å². The van der Waals surface area contributed by atoms with Crippen molar-refractivity contribution in [2.75, 3.05) is 0 Å². The Morgan fingerprint density at radius 3 is 2.41 bits per heavy atom. The molecule has 0 aliphatic rings. The molecule has 2 aromatic carbocycles. The Labute approximate surface area is 132 Å². The summed E-state index contributed by atoms with van der Waals surface area (Å²) in [5.41, 5.74) is 1.41. The van der Waals surface area contributed by atoms with Crippen LogP contribution in [-0.4, -0.2) is 13.3 Å². The van der Waals surface area contributed by atoms with Crippen molar-refractivity contribution in [1.29, 1.82) is 0 Å². The van der Waals surface area contributed by atoms with E-state index in [2.05, 4.69) is 4.72 Å². The van der Waals surface area contributed by atoms with Gasteiger partial charge in [0.1, 0.15) is 5.02 Å². The van der Waals surface area contributed by atoms with Crippen molar-refractivity contribution in [2.45, 2.75) is 18.4 Å². The lowest BCUT2D eigenvalue weighted by Gasteiger charge is -2.07. The summed E-state index contributed by atoms with van der Waals surface area (Å²) in [5, 5.41) is 10.7. The van der Waals surface area contributed by atoms with E-state index in [1.165, 1.54) is 12.1 Å². The molecule has 0 bridgehead atoms. The first-order chi connectivity index (χ1) is 10.3. The molecule has 2 aromatic rings. The average Bonchev–Trinajstić information content (AvgIpc) is 2.46. The molecule has 0 aliphatic heterocycles. The molecule has 8 heteroatoms. The third-order valence-electron chi connectivity index (χ3n) is 3.01. The molecule has 2 rings (SSSR count). The summed E-state index contributed by atoms with van der Waals surface area (Å²) in [7, 11) is -3.85. The SMILES string of the molecule is Cc1ccc(CNS(=O)(=O)c2ccc(Cl)c([N+](=O)[O-])c2)cc1. The number of nitrogens with zero attached hydrogens (tertiary/aromatic N) is 1. The fourth-order valence-electron chi connectivity index (χ4n) is 1.77. The molecular formula is C14H13ClN2O4S. The monoisotopic (exact) mass is 340 g/mol. The summed E-state index contributed by atoms with van der Waals surface area (Å²) in [5.74, 6) is 0. The maximum atomic E-state index is 12.2. The van der Waals surface area contributed by atoms with E-state index in [0.29, 0.717) is 0 Å². The molecule has 0 radical (unpaired) electrons. The highest BCUT2D eigenvalue weighted by Gasteiger charge is 2.20. The molecule has 0 heterocycles. The molecule has 6 nitrogen and oxygen atoms in total. The van der Waals surface area contributed by atoms with Crippen molar-refractivity contribution in [3.8, 4) is 0 Å². The molecule has 0 aromatic heterocycles. The summed E-state index contributed by atoms with van der Waals surface area (Å²) in [4.78, 5) is 9.90. The van der Waals surface area contributed by atoms with Gasteiger partial charge in [0.05, 0.1) is 9.82 Å². The third-order valence-corrected chi connectivity index (χ3v) is 4.73. The van der Waals surface area contributed by atoms with Crippen molar-refractivity contribution in [3.63, 3.8) is 0 Å². The van der Waals surface area contributed by atoms with Gasteiger partial charge in [0.25, 0.3) is 5.69 Å². The van der Waals surface area contributed by atoms with E-state index in [1.54, 1.807) is 0 Å². The lowest BCUT2D eigenvalue weighted by Crippen LogP contribution is -2.23. The van der Waals surface area contributed by atoms with Gasteiger partial charge in [-0.3, -0.25) is 10.1 Å². The summed E-state index contributed by atoms with van der Waals surface area (Å²) in [6.45, 7) is 2.03. The van der Waals surface area contributed by atoms with Crippen LogP contribution in [0.5, 0.6) is 0 Å². The highest BCUT2D eigenvalue weighted by Crippen LogP contribution is 2.27. The predicted octanol–water partition coefficient (Wildman–Crippen LogP) is 3.04. The summed E-state index contributed by atoms with van der Waals surface area (Å²) < 4.78 is 26.8. The molecule has 0 amide bonds. The molecule has 0 saturated carbocycles. The van der Waals surface area contributed by atoms with E-state index in [-0.39, 0.29) is 16.5 Å². The second-order valence-corrected chi connectivity index (χ2v) is 6.85. The Hall–Kier alpha value is -1.96. The van der Waals surface area contributed by atoms with Gasteiger partial charge in [-0.2, -0.15) is 0 Å². The maximum Gasteiger partial charge on any atom is 0.289 e. The molecule has 0 saturated heterocycles. The number of halogens is 1. The lowest BCUT2D eigenvalue weighted by atomic mass is 10.2. The number of sulfonamides is 1. The second kappa shape index (κ2) is 6.43. The maximum absolute atomic E-state index is 12.2. The van der Waals surface area contributed by atoms with Crippen LogP contribution in [0.25, 0.3) is 0 Å². The fourth-order valence-corrected chi connectivity index (χ4v) is 2.99. The predicted molar refractivity (Wildman–Crippen MR) is 83.3 cm³/mol. The molecule has 0 fully saturated rings. The number of nitro groups is 1. The van der Waals surface area contributed by atoms with E-state index < -0.39 is 20.6 Å².